The van der Waals surface area contributed by atoms with Crippen molar-refractivity contribution < 1.29 is 38.8 Å². The van der Waals surface area contributed by atoms with Gasteiger partial charge in [-0.05, 0) is 93.0 Å². The molecule has 2 atom stereocenters. The Hall–Kier alpha value is -4.53. The molecule has 3 aromatic carbocycles. The number of carbonyl (C=O) groups is 3. The number of carboxylic acid groups (broad SMARTS) is 2. The van der Waals surface area contributed by atoms with Gasteiger partial charge in [0.1, 0.15) is 17.2 Å². The zero-order valence-electron chi connectivity index (χ0n) is 23.5. The molecule has 0 aromatic heterocycles. The summed E-state index contributed by atoms with van der Waals surface area (Å²) in [6.07, 6.45) is 4.64. The van der Waals surface area contributed by atoms with Crippen molar-refractivity contribution >= 4 is 17.8 Å². The van der Waals surface area contributed by atoms with Crippen molar-refractivity contribution in [3.05, 3.63) is 89.5 Å². The molecule has 9 nitrogen and oxygen atoms in total. The first-order valence-corrected chi connectivity index (χ1v) is 14.3. The van der Waals surface area contributed by atoms with Crippen molar-refractivity contribution in [2.45, 2.75) is 51.0 Å². The van der Waals surface area contributed by atoms with Gasteiger partial charge in [-0.1, -0.05) is 30.3 Å². The van der Waals surface area contributed by atoms with Crippen LogP contribution in [0.3, 0.4) is 0 Å². The van der Waals surface area contributed by atoms with Crippen LogP contribution < -0.4 is 19.5 Å². The van der Waals surface area contributed by atoms with Crippen LogP contribution in [0.5, 0.6) is 17.2 Å². The highest BCUT2D eigenvalue weighted by atomic mass is 16.5. The van der Waals surface area contributed by atoms with Crippen LogP contribution in [0.2, 0.25) is 0 Å². The fourth-order valence-corrected chi connectivity index (χ4v) is 4.88. The number of hydrogen-bond acceptors (Lipinski definition) is 6. The first-order valence-electron chi connectivity index (χ1n) is 14.3. The van der Waals surface area contributed by atoms with Gasteiger partial charge in [0.25, 0.3) is 5.91 Å². The molecule has 0 heterocycles. The number of benzene rings is 3. The van der Waals surface area contributed by atoms with Gasteiger partial charge in [0.05, 0.1) is 36.9 Å². The van der Waals surface area contributed by atoms with E-state index in [0.717, 1.165) is 36.3 Å². The quantitative estimate of drug-likeness (QED) is 0.188. The fraction of sp³-hybridized carbons (Fsp3) is 0.364. The Bertz CT molecular complexity index is 1330. The molecule has 1 aliphatic rings. The second kappa shape index (κ2) is 15.5. The van der Waals surface area contributed by atoms with Crippen LogP contribution in [0.15, 0.2) is 72.8 Å². The average Bonchev–Trinajstić information content (AvgIpc) is 3.47. The average molecular weight is 576 g/mol. The van der Waals surface area contributed by atoms with Gasteiger partial charge in [-0.2, -0.15) is 0 Å². The lowest BCUT2D eigenvalue weighted by atomic mass is 10.1. The highest BCUT2D eigenvalue weighted by Gasteiger charge is 2.31. The van der Waals surface area contributed by atoms with Crippen LogP contribution in [-0.4, -0.2) is 53.9 Å². The molecule has 222 valence electrons. The van der Waals surface area contributed by atoms with Crippen molar-refractivity contribution in [1.82, 2.24) is 5.32 Å². The number of aliphatic carboxylic acids is 1. The topological polar surface area (TPSA) is 131 Å². The van der Waals surface area contributed by atoms with E-state index in [4.69, 9.17) is 14.2 Å². The Morgan fingerprint density at radius 2 is 1.43 bits per heavy atom. The smallest absolute Gasteiger partial charge is 0.335 e. The zero-order valence-corrected chi connectivity index (χ0v) is 23.5. The van der Waals surface area contributed by atoms with Gasteiger partial charge in [0, 0.05) is 6.04 Å². The molecule has 3 aromatic rings. The number of aromatic carboxylic acids is 1. The van der Waals surface area contributed by atoms with Crippen molar-refractivity contribution in [1.29, 1.82) is 0 Å². The van der Waals surface area contributed by atoms with Gasteiger partial charge in [-0.15, -0.1) is 0 Å². The summed E-state index contributed by atoms with van der Waals surface area (Å²) in [6.45, 7) is 1.60. The number of rotatable bonds is 16. The third-order valence-corrected chi connectivity index (χ3v) is 7.20. The first-order chi connectivity index (χ1) is 20.4. The second-order valence-electron chi connectivity index (χ2n) is 10.3. The van der Waals surface area contributed by atoms with E-state index < -0.39 is 23.8 Å². The second-order valence-corrected chi connectivity index (χ2v) is 10.3. The molecule has 0 spiro atoms. The molecular weight excluding hydrogens is 538 g/mol. The molecular formula is C33H37NO8. The van der Waals surface area contributed by atoms with E-state index in [1.165, 1.54) is 18.2 Å². The van der Waals surface area contributed by atoms with Crippen molar-refractivity contribution in [3.63, 3.8) is 0 Å². The molecule has 1 aliphatic carbocycles. The number of carbonyl (C=O) groups excluding carboxylic acids is 1. The van der Waals surface area contributed by atoms with E-state index in [0.29, 0.717) is 51.3 Å². The van der Waals surface area contributed by atoms with E-state index in [9.17, 15) is 24.6 Å². The summed E-state index contributed by atoms with van der Waals surface area (Å²) >= 11 is 0. The molecule has 1 fully saturated rings. The number of unbranched alkanes of at least 4 members (excludes halogenated alkanes) is 1. The lowest BCUT2D eigenvalue weighted by Gasteiger charge is -2.16. The molecule has 1 amide bonds. The largest absolute Gasteiger partial charge is 0.494 e. The number of aryl methyl sites for hydroxylation is 1. The maximum atomic E-state index is 13.0. The molecule has 0 saturated heterocycles. The molecule has 1 saturated carbocycles. The molecule has 0 aliphatic heterocycles. The Morgan fingerprint density at radius 1 is 0.762 bits per heavy atom. The summed E-state index contributed by atoms with van der Waals surface area (Å²) in [5.74, 6) is -0.990. The number of hydrogen-bond donors (Lipinski definition) is 3. The van der Waals surface area contributed by atoms with Gasteiger partial charge < -0.3 is 29.7 Å². The number of amides is 1. The molecule has 0 unspecified atom stereocenters. The van der Waals surface area contributed by atoms with Gasteiger partial charge >= 0.3 is 11.9 Å². The summed E-state index contributed by atoms with van der Waals surface area (Å²) in [6, 6.07) is 21.6. The van der Waals surface area contributed by atoms with Crippen LogP contribution in [0.1, 0.15) is 64.8 Å². The Labute approximate surface area is 245 Å². The van der Waals surface area contributed by atoms with E-state index >= 15 is 0 Å². The van der Waals surface area contributed by atoms with Gasteiger partial charge in [-0.3, -0.25) is 9.59 Å². The Kier molecular flexibility index (Phi) is 11.2. The standard InChI is InChI=1S/C33H37NO8/c35-31(34-26-14-12-24(21-26)32(36)37)29-22-25(33(38)39)13-17-30(29)42-20-6-7-23-10-15-28(16-11-23)41-19-5-4-18-40-27-8-2-1-3-9-27/h1-3,8-11,13,15-17,22,24,26H,4-7,12,14,18-21H2,(H,34,35)(H,36,37)(H,38,39)/t24-,26+/m0/s1. The van der Waals surface area contributed by atoms with Crippen molar-refractivity contribution in [2.24, 2.45) is 5.92 Å². The monoisotopic (exact) mass is 575 g/mol. The highest BCUT2D eigenvalue weighted by Crippen LogP contribution is 2.27. The van der Waals surface area contributed by atoms with Crippen LogP contribution in [-0.2, 0) is 11.2 Å². The fourth-order valence-electron chi connectivity index (χ4n) is 4.88. The number of ether oxygens (including phenoxy) is 3. The van der Waals surface area contributed by atoms with Crippen LogP contribution in [0.25, 0.3) is 0 Å². The molecule has 3 N–H and O–H groups in total. The maximum absolute atomic E-state index is 13.0. The molecule has 0 bridgehead atoms. The summed E-state index contributed by atoms with van der Waals surface area (Å²) in [4.78, 5) is 35.7. The zero-order chi connectivity index (χ0) is 29.7. The predicted octanol–water partition coefficient (Wildman–Crippen LogP) is 5.62. The van der Waals surface area contributed by atoms with E-state index in [1.54, 1.807) is 0 Å². The first kappa shape index (κ1) is 30.4. The number of nitrogens with one attached hydrogen (secondary N) is 1. The minimum Gasteiger partial charge on any atom is -0.494 e. The van der Waals surface area contributed by atoms with Gasteiger partial charge in [0.15, 0.2) is 0 Å². The maximum Gasteiger partial charge on any atom is 0.335 e. The lowest BCUT2D eigenvalue weighted by Crippen LogP contribution is -2.33. The van der Waals surface area contributed by atoms with E-state index in [-0.39, 0.29) is 17.2 Å². The van der Waals surface area contributed by atoms with Crippen LogP contribution >= 0.6 is 0 Å². The summed E-state index contributed by atoms with van der Waals surface area (Å²) in [5, 5.41) is 21.5. The Morgan fingerprint density at radius 3 is 2.07 bits per heavy atom. The number of carboxylic acids is 2. The minimum atomic E-state index is -1.15. The third-order valence-electron chi connectivity index (χ3n) is 7.20. The third kappa shape index (κ3) is 9.26. The molecule has 9 heteroatoms. The van der Waals surface area contributed by atoms with Gasteiger partial charge in [-0.25, -0.2) is 4.79 Å². The van der Waals surface area contributed by atoms with E-state index in [1.807, 2.05) is 54.6 Å². The molecule has 4 rings (SSSR count). The van der Waals surface area contributed by atoms with Crippen LogP contribution in [0.4, 0.5) is 0 Å². The van der Waals surface area contributed by atoms with Gasteiger partial charge in [0.2, 0.25) is 0 Å². The normalized spacial score (nSPS) is 16.0. The highest BCUT2D eigenvalue weighted by molar-refractivity contribution is 6.00. The predicted molar refractivity (Wildman–Crippen MR) is 157 cm³/mol. The Balaban J connectivity index is 1.19. The van der Waals surface area contributed by atoms with E-state index in [2.05, 4.69) is 5.32 Å². The van der Waals surface area contributed by atoms with Crippen molar-refractivity contribution in [3.8, 4) is 17.2 Å². The summed E-state index contributed by atoms with van der Waals surface area (Å²) in [5.41, 5.74) is 1.22. The summed E-state index contributed by atoms with van der Waals surface area (Å²) < 4.78 is 17.4. The minimum absolute atomic E-state index is 0.0230. The summed E-state index contributed by atoms with van der Waals surface area (Å²) in [7, 11) is 0. The SMILES string of the molecule is O=C(O)c1ccc(OCCCc2ccc(OCCCCOc3ccccc3)cc2)c(C(=O)N[C@@H]2CC[C@H](C(=O)O)C2)c1. The van der Waals surface area contributed by atoms with Crippen LogP contribution in [0, 0.1) is 5.92 Å². The van der Waals surface area contributed by atoms with Crippen molar-refractivity contribution in [2.75, 3.05) is 19.8 Å². The number of para-hydroxylation sites is 1. The molecule has 42 heavy (non-hydrogen) atoms. The molecule has 0 radical (unpaired) electrons. The lowest BCUT2D eigenvalue weighted by molar-refractivity contribution is -0.141.